The smallest absolute Gasteiger partial charge is 0.230 e. The Morgan fingerprint density at radius 1 is 1.19 bits per heavy atom. The zero-order chi connectivity index (χ0) is 19.2. The molecule has 0 fully saturated rings. The van der Waals surface area contributed by atoms with Crippen LogP contribution in [0.5, 0.6) is 0 Å². The average molecular weight is 387 g/mol. The Labute approximate surface area is 166 Å². The topological polar surface area (TPSA) is 59.8 Å². The van der Waals surface area contributed by atoms with Crippen LogP contribution in [0.15, 0.2) is 29.4 Å². The first-order valence-electron chi connectivity index (χ1n) is 10.0. The highest BCUT2D eigenvalue weighted by molar-refractivity contribution is 7.99. The fourth-order valence-electron chi connectivity index (χ4n) is 3.51. The molecule has 1 aliphatic rings. The third kappa shape index (κ3) is 5.12. The van der Waals surface area contributed by atoms with Crippen molar-refractivity contribution in [2.45, 2.75) is 70.6 Å². The molecule has 1 aliphatic heterocycles. The maximum Gasteiger partial charge on any atom is 0.230 e. The van der Waals surface area contributed by atoms with Crippen molar-refractivity contribution < 1.29 is 4.79 Å². The molecule has 27 heavy (non-hydrogen) atoms. The Hall–Kier alpha value is -1.82. The first-order chi connectivity index (χ1) is 13.1. The molecule has 1 atom stereocenters. The molecule has 1 N–H and O–H groups in total. The number of nitrogens with zero attached hydrogens (tertiary/aromatic N) is 3. The Morgan fingerprint density at radius 3 is 2.67 bits per heavy atom. The number of rotatable bonds is 7. The Balaban J connectivity index is 1.60. The number of fused-ring (bicyclic) bond motifs is 1. The lowest BCUT2D eigenvalue weighted by Gasteiger charge is -2.23. The Kier molecular flexibility index (Phi) is 6.94. The van der Waals surface area contributed by atoms with Gasteiger partial charge in [0.2, 0.25) is 5.91 Å². The van der Waals surface area contributed by atoms with Crippen LogP contribution in [0.25, 0.3) is 0 Å². The maximum absolute atomic E-state index is 12.6. The van der Waals surface area contributed by atoms with Crippen molar-refractivity contribution in [2.75, 3.05) is 5.75 Å². The largest absolute Gasteiger partial charge is 0.348 e. The van der Waals surface area contributed by atoms with Crippen LogP contribution >= 0.6 is 11.8 Å². The van der Waals surface area contributed by atoms with E-state index in [1.54, 1.807) is 0 Å². The first-order valence-corrected chi connectivity index (χ1v) is 11.0. The van der Waals surface area contributed by atoms with E-state index in [2.05, 4.69) is 65.1 Å². The first kappa shape index (κ1) is 19.9. The fourth-order valence-corrected chi connectivity index (χ4v) is 4.30. The van der Waals surface area contributed by atoms with Crippen LogP contribution < -0.4 is 5.32 Å². The number of nitrogens with one attached hydrogen (secondary N) is 1. The molecule has 1 aromatic carbocycles. The summed E-state index contributed by atoms with van der Waals surface area (Å²) >= 11 is 1.49. The third-order valence-corrected chi connectivity index (χ3v) is 6.10. The van der Waals surface area contributed by atoms with Crippen LogP contribution in [0.1, 0.15) is 63.0 Å². The molecule has 0 bridgehead atoms. The highest BCUT2D eigenvalue weighted by Crippen LogP contribution is 2.24. The molecule has 0 spiro atoms. The van der Waals surface area contributed by atoms with E-state index in [4.69, 9.17) is 0 Å². The summed E-state index contributed by atoms with van der Waals surface area (Å²) in [5.74, 6) is 1.81. The third-order valence-electron chi connectivity index (χ3n) is 5.14. The van der Waals surface area contributed by atoms with Crippen LogP contribution in [-0.4, -0.2) is 26.4 Å². The van der Waals surface area contributed by atoms with Crippen molar-refractivity contribution in [1.82, 2.24) is 20.1 Å². The van der Waals surface area contributed by atoms with E-state index in [-0.39, 0.29) is 11.9 Å². The van der Waals surface area contributed by atoms with Gasteiger partial charge in [0.05, 0.1) is 11.8 Å². The van der Waals surface area contributed by atoms with Crippen LogP contribution in [0, 0.1) is 5.92 Å². The molecule has 3 rings (SSSR count). The maximum atomic E-state index is 12.6. The molecule has 0 saturated carbocycles. The fraction of sp³-hybridized carbons (Fsp3) is 0.571. The van der Waals surface area contributed by atoms with E-state index in [1.807, 2.05) is 0 Å². The van der Waals surface area contributed by atoms with Crippen molar-refractivity contribution in [2.24, 2.45) is 5.92 Å². The van der Waals surface area contributed by atoms with Gasteiger partial charge in [-0.25, -0.2) is 0 Å². The van der Waals surface area contributed by atoms with E-state index in [0.717, 1.165) is 42.4 Å². The second-order valence-corrected chi connectivity index (χ2v) is 8.48. The van der Waals surface area contributed by atoms with Crippen LogP contribution in [0.3, 0.4) is 0 Å². The molecule has 146 valence electrons. The minimum atomic E-state index is 0.0273. The average Bonchev–Trinajstić information content (AvgIpc) is 2.90. The summed E-state index contributed by atoms with van der Waals surface area (Å²) in [6.07, 6.45) is 5.59. The van der Waals surface area contributed by atoms with Gasteiger partial charge in [-0.1, -0.05) is 63.2 Å². The molecule has 6 heteroatoms. The summed E-state index contributed by atoms with van der Waals surface area (Å²) in [6.45, 7) is 7.40. The standard InChI is InChI=1S/C21H30N4OS/c1-4-16-9-11-17(12-10-16)20(15(2)3)22-19(26)14-27-21-24-23-18-8-6-5-7-13-25(18)21/h9-12,15,20H,4-8,13-14H2,1-3H3,(H,22,26)/t20-/m0/s1. The molecule has 2 heterocycles. The van der Waals surface area contributed by atoms with E-state index in [9.17, 15) is 4.79 Å². The van der Waals surface area contributed by atoms with Crippen molar-refractivity contribution >= 4 is 17.7 Å². The van der Waals surface area contributed by atoms with Crippen molar-refractivity contribution in [3.05, 3.63) is 41.2 Å². The van der Waals surface area contributed by atoms with Gasteiger partial charge in [-0.2, -0.15) is 0 Å². The summed E-state index contributed by atoms with van der Waals surface area (Å²) in [4.78, 5) is 12.6. The number of benzene rings is 1. The van der Waals surface area contributed by atoms with E-state index in [1.165, 1.54) is 30.2 Å². The van der Waals surface area contributed by atoms with Crippen molar-refractivity contribution in [3.8, 4) is 0 Å². The molecule has 2 aromatic rings. The SMILES string of the molecule is CCc1ccc([C@@H](NC(=O)CSc2nnc3n2CCCCC3)C(C)C)cc1. The lowest BCUT2D eigenvalue weighted by atomic mass is 9.95. The number of carbonyl (C=O) groups is 1. The summed E-state index contributed by atoms with van der Waals surface area (Å²) < 4.78 is 2.19. The normalized spacial score (nSPS) is 15.3. The lowest BCUT2D eigenvalue weighted by molar-refractivity contribution is -0.119. The van der Waals surface area contributed by atoms with Gasteiger partial charge in [0.1, 0.15) is 5.82 Å². The van der Waals surface area contributed by atoms with Gasteiger partial charge in [0.25, 0.3) is 0 Å². The lowest BCUT2D eigenvalue weighted by Crippen LogP contribution is -2.33. The molecular formula is C21H30N4OS. The van der Waals surface area contributed by atoms with Crippen molar-refractivity contribution in [3.63, 3.8) is 0 Å². The van der Waals surface area contributed by atoms with Crippen LogP contribution in [0.2, 0.25) is 0 Å². The molecule has 0 aliphatic carbocycles. The number of aromatic nitrogens is 3. The van der Waals surface area contributed by atoms with Crippen LogP contribution in [-0.2, 0) is 24.2 Å². The Morgan fingerprint density at radius 2 is 1.96 bits per heavy atom. The van der Waals surface area contributed by atoms with E-state index >= 15 is 0 Å². The van der Waals surface area contributed by atoms with Gasteiger partial charge < -0.3 is 9.88 Å². The molecule has 0 unspecified atom stereocenters. The molecule has 0 saturated heterocycles. The van der Waals surface area contributed by atoms with Gasteiger partial charge >= 0.3 is 0 Å². The second kappa shape index (κ2) is 9.40. The van der Waals surface area contributed by atoms with Gasteiger partial charge in [-0.15, -0.1) is 10.2 Å². The summed E-state index contributed by atoms with van der Waals surface area (Å²) in [5.41, 5.74) is 2.48. The number of thioether (sulfide) groups is 1. The van der Waals surface area contributed by atoms with E-state index in [0.29, 0.717) is 11.7 Å². The summed E-state index contributed by atoms with van der Waals surface area (Å²) in [5, 5.41) is 12.7. The van der Waals surface area contributed by atoms with Gasteiger partial charge in [0, 0.05) is 13.0 Å². The molecule has 0 radical (unpaired) electrons. The predicted molar refractivity (Wildman–Crippen MR) is 110 cm³/mol. The number of hydrogen-bond acceptors (Lipinski definition) is 4. The number of carbonyl (C=O) groups excluding carboxylic acids is 1. The minimum Gasteiger partial charge on any atom is -0.348 e. The van der Waals surface area contributed by atoms with Gasteiger partial charge in [-0.3, -0.25) is 4.79 Å². The number of amides is 1. The zero-order valence-electron chi connectivity index (χ0n) is 16.6. The van der Waals surface area contributed by atoms with Gasteiger partial charge in [-0.05, 0) is 36.3 Å². The van der Waals surface area contributed by atoms with Crippen molar-refractivity contribution in [1.29, 1.82) is 0 Å². The number of hydrogen-bond donors (Lipinski definition) is 1. The Bertz CT molecular complexity index is 754. The zero-order valence-corrected chi connectivity index (χ0v) is 17.4. The summed E-state index contributed by atoms with van der Waals surface area (Å²) in [6, 6.07) is 8.60. The van der Waals surface area contributed by atoms with Crippen LogP contribution in [0.4, 0.5) is 0 Å². The summed E-state index contributed by atoms with van der Waals surface area (Å²) in [7, 11) is 0. The minimum absolute atomic E-state index is 0.0273. The molecular weight excluding hydrogens is 356 g/mol. The quantitative estimate of drug-likeness (QED) is 0.726. The highest BCUT2D eigenvalue weighted by Gasteiger charge is 2.20. The van der Waals surface area contributed by atoms with Gasteiger partial charge in [0.15, 0.2) is 5.16 Å². The molecule has 5 nitrogen and oxygen atoms in total. The molecule has 1 aromatic heterocycles. The molecule has 1 amide bonds. The predicted octanol–water partition coefficient (Wildman–Crippen LogP) is 4.17. The monoisotopic (exact) mass is 386 g/mol. The number of aryl methyl sites for hydroxylation is 2. The van der Waals surface area contributed by atoms with E-state index < -0.39 is 0 Å². The second-order valence-electron chi connectivity index (χ2n) is 7.53. The highest BCUT2D eigenvalue weighted by atomic mass is 32.2.